The number of anilines is 1. The maximum atomic E-state index is 14.5. The number of carboxylic acid groups (broad SMARTS) is 2. The Kier molecular flexibility index (Phi) is 8.99. The van der Waals surface area contributed by atoms with Gasteiger partial charge in [-0.2, -0.15) is 0 Å². The van der Waals surface area contributed by atoms with Crippen LogP contribution < -0.4 is 21.4 Å². The molecule has 2 atom stereocenters. The molecule has 2 unspecified atom stereocenters. The molecule has 220 valence electrons. The number of hydrogen-bond donors (Lipinski definition) is 4. The third-order valence-corrected chi connectivity index (χ3v) is 8.28. The van der Waals surface area contributed by atoms with Crippen LogP contribution in [0.1, 0.15) is 24.2 Å². The first kappa shape index (κ1) is 30.0. The van der Waals surface area contributed by atoms with Crippen LogP contribution >= 0.6 is 11.8 Å². The quantitative estimate of drug-likeness (QED) is 0.268. The van der Waals surface area contributed by atoms with E-state index in [1.807, 2.05) is 11.8 Å². The minimum absolute atomic E-state index is 0.100. The molecule has 0 spiro atoms. The number of aromatic nitrogens is 1. The predicted molar refractivity (Wildman–Crippen MR) is 148 cm³/mol. The van der Waals surface area contributed by atoms with Gasteiger partial charge in [-0.25, -0.2) is 14.0 Å². The van der Waals surface area contributed by atoms with Crippen LogP contribution in [0, 0.1) is 5.82 Å². The van der Waals surface area contributed by atoms with E-state index < -0.39 is 41.1 Å². The number of aromatic carboxylic acids is 1. The van der Waals surface area contributed by atoms with Gasteiger partial charge in [0, 0.05) is 62.6 Å². The van der Waals surface area contributed by atoms with Crippen LogP contribution in [0.3, 0.4) is 0 Å². The number of ether oxygens (including phenoxy) is 1. The van der Waals surface area contributed by atoms with Crippen LogP contribution in [0.5, 0.6) is 0 Å². The van der Waals surface area contributed by atoms with Gasteiger partial charge in [-0.05, 0) is 19.1 Å². The van der Waals surface area contributed by atoms with Gasteiger partial charge in [0.05, 0.1) is 11.2 Å². The number of aryl methyl sites for hydroxylation is 1. The van der Waals surface area contributed by atoms with Crippen molar-refractivity contribution in [2.75, 3.05) is 43.4 Å². The summed E-state index contributed by atoms with van der Waals surface area (Å²) in [5, 5.41) is 21.3. The molecule has 2 aromatic rings. The van der Waals surface area contributed by atoms with Gasteiger partial charge in [-0.1, -0.05) is 0 Å². The molecular weight excluding hydrogens is 561 g/mol. The number of esters is 1. The number of nitrogens with two attached hydrogens (primary N) is 1. The predicted octanol–water partition coefficient (Wildman–Crippen LogP) is 0.399. The van der Waals surface area contributed by atoms with E-state index in [-0.39, 0.29) is 28.6 Å². The van der Waals surface area contributed by atoms with E-state index >= 15 is 0 Å². The lowest BCUT2D eigenvalue weighted by atomic mass is 10.0. The topological polar surface area (TPSA) is 184 Å². The zero-order chi connectivity index (χ0) is 30.0. The molecule has 4 heterocycles. The zero-order valence-corrected chi connectivity index (χ0v) is 23.2. The summed E-state index contributed by atoms with van der Waals surface area (Å²) in [6, 6.07) is 2.15. The van der Waals surface area contributed by atoms with Crippen molar-refractivity contribution in [3.63, 3.8) is 0 Å². The number of nitrogens with one attached hydrogen (secondary N) is 1. The number of carboxylic acids is 2. The second-order valence-corrected chi connectivity index (χ2v) is 10.6. The molecule has 0 radical (unpaired) electrons. The first-order valence-corrected chi connectivity index (χ1v) is 13.9. The summed E-state index contributed by atoms with van der Waals surface area (Å²) in [6.07, 6.45) is 1.33. The Balaban J connectivity index is 0.000000195. The Morgan fingerprint density at radius 2 is 1.85 bits per heavy atom. The standard InChI is InChI=1S/C16H18FN3O3.C10H12N2O5S/c1-2-19-9-11(16(22)23)15(21)10-7-12(17)14(8-13(10)19)20-5-3-18-4-6-20;1-4(13)17-2-5-3-18-9-6(11)8(14)12(9)7(5)10(15)16/h7-9,18H,2-6H2,1H3,(H,22,23);6,9H,2-3,11H2,1H3,(H,15,16). The van der Waals surface area contributed by atoms with Crippen LogP contribution in [-0.2, 0) is 25.7 Å². The first-order valence-electron chi connectivity index (χ1n) is 12.8. The molecule has 0 bridgehead atoms. The molecule has 1 amide bonds. The van der Waals surface area contributed by atoms with Crippen molar-refractivity contribution in [1.29, 1.82) is 0 Å². The summed E-state index contributed by atoms with van der Waals surface area (Å²) >= 11 is 1.37. The number of thioether (sulfide) groups is 1. The summed E-state index contributed by atoms with van der Waals surface area (Å²) in [5.74, 6) is -3.53. The maximum Gasteiger partial charge on any atom is 0.352 e. The highest BCUT2D eigenvalue weighted by molar-refractivity contribution is 8.00. The van der Waals surface area contributed by atoms with Crippen molar-refractivity contribution >= 4 is 52.2 Å². The highest BCUT2D eigenvalue weighted by Crippen LogP contribution is 2.39. The molecule has 2 fully saturated rings. The van der Waals surface area contributed by atoms with Gasteiger partial charge in [0.2, 0.25) is 11.3 Å². The van der Waals surface area contributed by atoms with Crippen LogP contribution in [0.4, 0.5) is 10.1 Å². The van der Waals surface area contributed by atoms with Crippen LogP contribution in [0.2, 0.25) is 0 Å². The molecule has 1 aromatic heterocycles. The lowest BCUT2D eigenvalue weighted by Gasteiger charge is -2.47. The average Bonchev–Trinajstić information content (AvgIpc) is 2.95. The Labute approximate surface area is 237 Å². The second kappa shape index (κ2) is 12.3. The van der Waals surface area contributed by atoms with Crippen LogP contribution in [0.15, 0.2) is 34.4 Å². The monoisotopic (exact) mass is 591 g/mol. The number of benzene rings is 1. The third kappa shape index (κ3) is 5.92. The van der Waals surface area contributed by atoms with Gasteiger partial charge in [0.15, 0.2) is 0 Å². The molecule has 1 aromatic carbocycles. The van der Waals surface area contributed by atoms with Crippen molar-refractivity contribution in [2.24, 2.45) is 5.73 Å². The normalized spacial score (nSPS) is 20.1. The van der Waals surface area contributed by atoms with Crippen LogP contribution in [-0.4, -0.2) is 93.4 Å². The molecule has 41 heavy (non-hydrogen) atoms. The van der Waals surface area contributed by atoms with E-state index in [9.17, 15) is 28.4 Å². The van der Waals surface area contributed by atoms with E-state index in [2.05, 4.69) is 5.32 Å². The summed E-state index contributed by atoms with van der Waals surface area (Å²) in [5.41, 5.74) is 5.92. The number of halogens is 1. The molecule has 13 nitrogen and oxygen atoms in total. The number of piperazine rings is 1. The number of carbonyl (C=O) groups excluding carboxylic acids is 2. The molecule has 0 aliphatic carbocycles. The van der Waals surface area contributed by atoms with Gasteiger partial charge < -0.3 is 35.5 Å². The zero-order valence-electron chi connectivity index (χ0n) is 22.4. The fourth-order valence-electron chi connectivity index (χ4n) is 4.84. The van der Waals surface area contributed by atoms with Crippen molar-refractivity contribution in [2.45, 2.75) is 31.8 Å². The van der Waals surface area contributed by atoms with E-state index in [1.165, 1.54) is 29.8 Å². The number of rotatable bonds is 6. The van der Waals surface area contributed by atoms with Gasteiger partial charge >= 0.3 is 17.9 Å². The molecule has 3 aliphatic rings. The maximum absolute atomic E-state index is 14.5. The summed E-state index contributed by atoms with van der Waals surface area (Å²) in [4.78, 5) is 60.1. The number of β-lactam (4-membered cyclic amide) rings is 1. The minimum Gasteiger partial charge on any atom is -0.477 e. The first-order chi connectivity index (χ1) is 19.5. The average molecular weight is 592 g/mol. The molecule has 0 saturated carbocycles. The molecule has 2 saturated heterocycles. The largest absolute Gasteiger partial charge is 0.477 e. The third-order valence-electron chi connectivity index (χ3n) is 6.92. The SMILES string of the molecule is CC(=O)OCC1=C(C(=O)O)N2C(=O)C(N)C2SC1.CCn1cc(C(=O)O)c(=O)c2cc(F)c(N3CCNCC3)cc21. The lowest BCUT2D eigenvalue weighted by Crippen LogP contribution is -2.68. The fraction of sp³-hybridized carbons (Fsp3) is 0.423. The van der Waals surface area contributed by atoms with E-state index in [0.29, 0.717) is 42.2 Å². The summed E-state index contributed by atoms with van der Waals surface area (Å²) in [6.45, 7) is 6.39. The molecule has 5 N–H and O–H groups in total. The molecule has 15 heteroatoms. The van der Waals surface area contributed by atoms with E-state index in [4.69, 9.17) is 20.7 Å². The number of hydrogen-bond acceptors (Lipinski definition) is 10. The summed E-state index contributed by atoms with van der Waals surface area (Å²) in [7, 11) is 0. The lowest BCUT2D eigenvalue weighted by molar-refractivity contribution is -0.148. The summed E-state index contributed by atoms with van der Waals surface area (Å²) < 4.78 is 21.0. The number of nitrogens with zero attached hydrogens (tertiary/aromatic N) is 3. The smallest absolute Gasteiger partial charge is 0.352 e. The van der Waals surface area contributed by atoms with E-state index in [0.717, 1.165) is 19.2 Å². The van der Waals surface area contributed by atoms with E-state index in [1.54, 1.807) is 10.6 Å². The minimum atomic E-state index is -1.30. The van der Waals surface area contributed by atoms with Gasteiger partial charge in [-0.3, -0.25) is 19.3 Å². The van der Waals surface area contributed by atoms with Crippen molar-refractivity contribution in [3.05, 3.63) is 51.2 Å². The van der Waals surface area contributed by atoms with Gasteiger partial charge in [0.1, 0.15) is 35.1 Å². The molecule has 5 rings (SSSR count). The van der Waals surface area contributed by atoms with Crippen molar-refractivity contribution < 1.29 is 38.5 Å². The second-order valence-electron chi connectivity index (χ2n) is 9.49. The Hall–Kier alpha value is -3.95. The number of aliphatic carboxylic acids is 1. The Morgan fingerprint density at radius 3 is 2.44 bits per heavy atom. The Morgan fingerprint density at radius 1 is 1.17 bits per heavy atom. The number of carbonyl (C=O) groups is 4. The van der Waals surface area contributed by atoms with Gasteiger partial charge in [0.25, 0.3) is 0 Å². The molecule has 3 aliphatic heterocycles. The molecular formula is C26H30FN5O8S. The van der Waals surface area contributed by atoms with Crippen LogP contribution in [0.25, 0.3) is 10.9 Å². The number of amides is 1. The van der Waals surface area contributed by atoms with Crippen molar-refractivity contribution in [1.82, 2.24) is 14.8 Å². The highest BCUT2D eigenvalue weighted by Gasteiger charge is 2.51. The number of pyridine rings is 1. The van der Waals surface area contributed by atoms with Crippen molar-refractivity contribution in [3.8, 4) is 0 Å². The highest BCUT2D eigenvalue weighted by atomic mass is 32.2. The van der Waals surface area contributed by atoms with Gasteiger partial charge in [-0.15, -0.1) is 11.8 Å². The number of fused-ring (bicyclic) bond motifs is 2. The Bertz CT molecular complexity index is 1500. The fourth-order valence-corrected chi connectivity index (χ4v) is 6.12.